The Kier molecular flexibility index (Phi) is 2.51. The number of halogens is 1. The molecule has 0 saturated heterocycles. The fraction of sp³-hybridized carbons (Fsp3) is 0.250. The highest BCUT2D eigenvalue weighted by Crippen LogP contribution is 2.29. The SMILES string of the molecule is Cc1cc2c(C)nn(PI)c2cn1. The van der Waals surface area contributed by atoms with Crippen LogP contribution < -0.4 is 0 Å². The van der Waals surface area contributed by atoms with Crippen LogP contribution in [0.3, 0.4) is 0 Å². The number of aromatic nitrogens is 3. The van der Waals surface area contributed by atoms with Crippen molar-refractivity contribution in [3.63, 3.8) is 0 Å². The lowest BCUT2D eigenvalue weighted by atomic mass is 10.2. The van der Waals surface area contributed by atoms with E-state index >= 15 is 0 Å². The van der Waals surface area contributed by atoms with Crippen molar-refractivity contribution in [3.05, 3.63) is 23.7 Å². The highest BCUT2D eigenvalue weighted by molar-refractivity contribution is 14.2. The molecule has 0 aliphatic rings. The summed E-state index contributed by atoms with van der Waals surface area (Å²) in [5.41, 5.74) is 3.27. The first-order valence-electron chi connectivity index (χ1n) is 3.91. The summed E-state index contributed by atoms with van der Waals surface area (Å²) >= 11 is 2.32. The number of rotatable bonds is 1. The zero-order chi connectivity index (χ0) is 9.42. The van der Waals surface area contributed by atoms with E-state index in [1.807, 2.05) is 24.5 Å². The van der Waals surface area contributed by atoms with Crippen LogP contribution in [0.4, 0.5) is 0 Å². The van der Waals surface area contributed by atoms with Gasteiger partial charge in [0.1, 0.15) is 0 Å². The summed E-state index contributed by atoms with van der Waals surface area (Å²) < 4.78 is 2.00. The molecule has 0 radical (unpaired) electrons. The Bertz CT molecular complexity index is 452. The van der Waals surface area contributed by atoms with E-state index in [2.05, 4.69) is 38.2 Å². The molecule has 0 aliphatic heterocycles. The lowest BCUT2D eigenvalue weighted by Crippen LogP contribution is -1.84. The molecular formula is C8H9IN3P. The number of nitrogens with zero attached hydrogens (tertiary/aromatic N) is 3. The molecule has 0 spiro atoms. The minimum Gasteiger partial charge on any atom is -0.259 e. The summed E-state index contributed by atoms with van der Waals surface area (Å²) in [6.45, 7) is 4.04. The van der Waals surface area contributed by atoms with E-state index in [1.165, 1.54) is 5.39 Å². The third kappa shape index (κ3) is 1.57. The molecule has 2 heterocycles. The van der Waals surface area contributed by atoms with Crippen LogP contribution in [-0.2, 0) is 0 Å². The van der Waals surface area contributed by atoms with Crippen LogP contribution in [0, 0.1) is 13.8 Å². The van der Waals surface area contributed by atoms with Crippen molar-refractivity contribution in [1.82, 2.24) is 14.5 Å². The molecule has 3 nitrogen and oxygen atoms in total. The Labute approximate surface area is 91.2 Å². The molecule has 2 aromatic heterocycles. The van der Waals surface area contributed by atoms with Gasteiger partial charge in [-0.25, -0.2) is 4.45 Å². The average Bonchev–Trinajstić information content (AvgIpc) is 2.43. The van der Waals surface area contributed by atoms with Gasteiger partial charge >= 0.3 is 0 Å². The van der Waals surface area contributed by atoms with Gasteiger partial charge in [-0.3, -0.25) is 4.98 Å². The molecule has 1 atom stereocenters. The molecule has 0 N–H and O–H groups in total. The fourth-order valence-electron chi connectivity index (χ4n) is 1.33. The van der Waals surface area contributed by atoms with E-state index in [0.29, 0.717) is 6.37 Å². The molecule has 2 rings (SSSR count). The highest BCUT2D eigenvalue weighted by Gasteiger charge is 2.06. The van der Waals surface area contributed by atoms with Crippen LogP contribution in [0.15, 0.2) is 12.3 Å². The maximum Gasteiger partial charge on any atom is 0.0915 e. The lowest BCUT2D eigenvalue weighted by Gasteiger charge is -1.96. The minimum absolute atomic E-state index is 0.637. The minimum atomic E-state index is 0.637. The Morgan fingerprint density at radius 1 is 1.46 bits per heavy atom. The maximum atomic E-state index is 4.43. The average molecular weight is 305 g/mol. The molecule has 2 aromatic rings. The van der Waals surface area contributed by atoms with Gasteiger partial charge in [0.05, 0.1) is 23.8 Å². The van der Waals surface area contributed by atoms with Gasteiger partial charge in [0.2, 0.25) is 0 Å². The molecule has 0 aliphatic carbocycles. The molecule has 0 saturated carbocycles. The monoisotopic (exact) mass is 305 g/mol. The van der Waals surface area contributed by atoms with Gasteiger partial charge < -0.3 is 0 Å². The Morgan fingerprint density at radius 2 is 2.23 bits per heavy atom. The zero-order valence-electron chi connectivity index (χ0n) is 7.37. The summed E-state index contributed by atoms with van der Waals surface area (Å²) in [5.74, 6) is 0. The van der Waals surface area contributed by atoms with Crippen LogP contribution in [0.25, 0.3) is 10.9 Å². The number of fused-ring (bicyclic) bond motifs is 1. The van der Waals surface area contributed by atoms with Crippen LogP contribution >= 0.6 is 28.4 Å². The number of aryl methyl sites for hydroxylation is 2. The Hall–Kier alpha value is -0.220. The van der Waals surface area contributed by atoms with Crippen molar-refractivity contribution in [2.24, 2.45) is 0 Å². The van der Waals surface area contributed by atoms with E-state index < -0.39 is 0 Å². The third-order valence-corrected chi connectivity index (χ3v) is 3.84. The second-order valence-corrected chi connectivity index (χ2v) is 4.96. The summed E-state index contributed by atoms with van der Waals surface area (Å²) in [6.07, 6.45) is 2.54. The summed E-state index contributed by atoms with van der Waals surface area (Å²) in [4.78, 5) is 4.27. The topological polar surface area (TPSA) is 30.7 Å². The molecule has 0 aromatic carbocycles. The van der Waals surface area contributed by atoms with Crippen LogP contribution in [0.1, 0.15) is 11.4 Å². The summed E-state index contributed by atoms with van der Waals surface area (Å²) in [7, 11) is 0. The summed E-state index contributed by atoms with van der Waals surface area (Å²) in [5, 5.41) is 5.65. The van der Waals surface area contributed by atoms with Crippen LogP contribution in [0.2, 0.25) is 0 Å². The first-order chi connectivity index (χ1) is 6.22. The highest BCUT2D eigenvalue weighted by atomic mass is 127. The maximum absolute atomic E-state index is 4.43. The molecular weight excluding hydrogens is 296 g/mol. The van der Waals surface area contributed by atoms with Gasteiger partial charge in [-0.15, -0.1) is 0 Å². The number of hydrogen-bond acceptors (Lipinski definition) is 2. The van der Waals surface area contributed by atoms with Crippen molar-refractivity contribution >= 4 is 39.3 Å². The number of hydrogen-bond donors (Lipinski definition) is 0. The first kappa shape index (κ1) is 9.34. The zero-order valence-corrected chi connectivity index (χ0v) is 10.5. The normalized spacial score (nSPS) is 11.9. The standard InChI is InChI=1S/C8H9IN3P/c1-5-3-7-6(2)11-12(13-9)8(7)4-10-5/h3-4,13H,1-2H3. The van der Waals surface area contributed by atoms with Crippen molar-refractivity contribution in [1.29, 1.82) is 0 Å². The van der Waals surface area contributed by atoms with Gasteiger partial charge in [0.25, 0.3) is 0 Å². The van der Waals surface area contributed by atoms with Gasteiger partial charge in [-0.05, 0) is 42.0 Å². The molecule has 0 bridgehead atoms. The van der Waals surface area contributed by atoms with E-state index in [0.717, 1.165) is 16.9 Å². The van der Waals surface area contributed by atoms with Crippen LogP contribution in [0.5, 0.6) is 0 Å². The van der Waals surface area contributed by atoms with Crippen LogP contribution in [-0.4, -0.2) is 14.5 Å². The lowest BCUT2D eigenvalue weighted by molar-refractivity contribution is 1.00. The van der Waals surface area contributed by atoms with Gasteiger partial charge in [0, 0.05) is 11.1 Å². The van der Waals surface area contributed by atoms with Crippen molar-refractivity contribution < 1.29 is 0 Å². The van der Waals surface area contributed by atoms with E-state index in [-0.39, 0.29) is 0 Å². The molecule has 0 amide bonds. The predicted molar refractivity (Wildman–Crippen MR) is 64.7 cm³/mol. The van der Waals surface area contributed by atoms with E-state index in [9.17, 15) is 0 Å². The second kappa shape index (κ2) is 3.50. The quantitative estimate of drug-likeness (QED) is 0.599. The molecule has 13 heavy (non-hydrogen) atoms. The Balaban J connectivity index is 2.80. The van der Waals surface area contributed by atoms with Gasteiger partial charge in [-0.2, -0.15) is 5.10 Å². The molecule has 0 fully saturated rings. The number of pyridine rings is 1. The van der Waals surface area contributed by atoms with Crippen molar-refractivity contribution in [3.8, 4) is 0 Å². The molecule has 68 valence electrons. The first-order valence-corrected chi connectivity index (χ1v) is 7.97. The second-order valence-electron chi connectivity index (χ2n) is 2.92. The Morgan fingerprint density at radius 3 is 2.92 bits per heavy atom. The van der Waals surface area contributed by atoms with Gasteiger partial charge in [-0.1, -0.05) is 0 Å². The fourth-order valence-corrected chi connectivity index (χ4v) is 2.89. The van der Waals surface area contributed by atoms with Crippen molar-refractivity contribution in [2.75, 3.05) is 0 Å². The molecule has 1 unspecified atom stereocenters. The largest absolute Gasteiger partial charge is 0.259 e. The summed E-state index contributed by atoms with van der Waals surface area (Å²) in [6, 6.07) is 2.09. The molecule has 5 heteroatoms. The third-order valence-electron chi connectivity index (χ3n) is 1.97. The smallest absolute Gasteiger partial charge is 0.0915 e. The van der Waals surface area contributed by atoms with Crippen molar-refractivity contribution in [2.45, 2.75) is 13.8 Å². The van der Waals surface area contributed by atoms with E-state index in [1.54, 1.807) is 0 Å². The van der Waals surface area contributed by atoms with E-state index in [4.69, 9.17) is 0 Å². The van der Waals surface area contributed by atoms with Gasteiger partial charge in [0.15, 0.2) is 0 Å². The predicted octanol–water partition coefficient (Wildman–Crippen LogP) is 2.84.